The second-order valence-corrected chi connectivity index (χ2v) is 12.3. The summed E-state index contributed by atoms with van der Waals surface area (Å²) in [6.07, 6.45) is 2.55. The van der Waals surface area contributed by atoms with E-state index in [-0.39, 0.29) is 29.5 Å². The third-order valence-corrected chi connectivity index (χ3v) is 6.42. The summed E-state index contributed by atoms with van der Waals surface area (Å²) in [5.41, 5.74) is 1.43. The molecule has 5 rings (SSSR count). The predicted molar refractivity (Wildman–Crippen MR) is 162 cm³/mol. The number of ether oxygens (including phenoxy) is 1. The molecule has 3 N–H and O–H groups in total. The number of aromatic amines is 1. The molecule has 0 radical (unpaired) electrons. The molecule has 16 nitrogen and oxygen atoms in total. The molecular weight excluding hydrogens is 584 g/mol. The van der Waals surface area contributed by atoms with Crippen molar-refractivity contribution in [3.8, 4) is 22.5 Å². The van der Waals surface area contributed by atoms with Gasteiger partial charge in [-0.15, -0.1) is 0 Å². The van der Waals surface area contributed by atoms with Crippen LogP contribution < -0.4 is 10.6 Å². The number of pyridine rings is 1. The van der Waals surface area contributed by atoms with Gasteiger partial charge in [-0.25, -0.2) is 14.8 Å². The van der Waals surface area contributed by atoms with Gasteiger partial charge >= 0.3 is 17.9 Å². The minimum atomic E-state index is -0.703. The molecule has 2 amide bonds. The van der Waals surface area contributed by atoms with Crippen LogP contribution in [0, 0.1) is 10.1 Å². The third kappa shape index (κ3) is 6.79. The quantitative estimate of drug-likeness (QED) is 0.165. The fraction of sp³-hybridized carbons (Fsp3) is 0.345. The Morgan fingerprint density at radius 1 is 1.11 bits per heavy atom. The summed E-state index contributed by atoms with van der Waals surface area (Å²) >= 11 is 0. The summed E-state index contributed by atoms with van der Waals surface area (Å²) in [6, 6.07) is 6.39. The van der Waals surface area contributed by atoms with Crippen molar-refractivity contribution < 1.29 is 23.8 Å². The van der Waals surface area contributed by atoms with Gasteiger partial charge in [0.25, 0.3) is 5.69 Å². The Morgan fingerprint density at radius 2 is 1.87 bits per heavy atom. The number of imidazole rings is 1. The number of nitrogens with zero attached hydrogens (tertiary/aromatic N) is 7. The molecule has 0 aliphatic rings. The largest absolute Gasteiger partial charge is 0.444 e. The van der Waals surface area contributed by atoms with Crippen molar-refractivity contribution in [2.45, 2.75) is 59.1 Å². The third-order valence-electron chi connectivity index (χ3n) is 6.42. The molecule has 1 aromatic carbocycles. The number of nitro groups is 1. The van der Waals surface area contributed by atoms with E-state index in [1.807, 2.05) is 20.8 Å². The van der Waals surface area contributed by atoms with Crippen LogP contribution in [-0.2, 0) is 23.7 Å². The lowest BCUT2D eigenvalue weighted by Crippen LogP contribution is -2.27. The van der Waals surface area contributed by atoms with Crippen LogP contribution in [-0.4, -0.2) is 57.4 Å². The summed E-state index contributed by atoms with van der Waals surface area (Å²) < 4.78 is 11.9. The van der Waals surface area contributed by atoms with Crippen LogP contribution in [0.3, 0.4) is 0 Å². The zero-order chi connectivity index (χ0) is 32.7. The van der Waals surface area contributed by atoms with Gasteiger partial charge in [-0.1, -0.05) is 32.0 Å². The van der Waals surface area contributed by atoms with E-state index < -0.39 is 27.9 Å². The maximum absolute atomic E-state index is 12.6. The number of rotatable bonds is 7. The zero-order valence-electron chi connectivity index (χ0n) is 25.8. The minimum Gasteiger partial charge on any atom is -0.444 e. The molecule has 5 aromatic rings. The average Bonchev–Trinajstić information content (AvgIpc) is 3.68. The number of aryl methyl sites for hydroxylation is 1. The number of nitro benzene ring substituents is 1. The number of hydrogen-bond acceptors (Lipinski definition) is 11. The fourth-order valence-electron chi connectivity index (χ4n) is 4.36. The number of hydrogen-bond donors (Lipinski definition) is 3. The van der Waals surface area contributed by atoms with Crippen molar-refractivity contribution in [1.82, 2.24) is 40.2 Å². The minimum absolute atomic E-state index is 0.142. The second kappa shape index (κ2) is 11.4. The smallest absolute Gasteiger partial charge is 0.413 e. The number of benzene rings is 1. The first-order chi connectivity index (χ1) is 21.1. The number of fused-ring (bicyclic) bond motifs is 1. The molecule has 0 saturated carbocycles. The van der Waals surface area contributed by atoms with Crippen LogP contribution in [0.2, 0.25) is 0 Å². The lowest BCUT2D eigenvalue weighted by Gasteiger charge is -2.19. The lowest BCUT2D eigenvalue weighted by atomic mass is 9.96. The molecule has 4 aromatic heterocycles. The molecule has 45 heavy (non-hydrogen) atoms. The summed E-state index contributed by atoms with van der Waals surface area (Å²) in [6.45, 7) is 10.8. The molecule has 234 valence electrons. The van der Waals surface area contributed by atoms with Gasteiger partial charge in [0.1, 0.15) is 11.4 Å². The highest BCUT2D eigenvalue weighted by molar-refractivity contribution is 5.94. The summed E-state index contributed by atoms with van der Waals surface area (Å²) in [4.78, 5) is 52.8. The van der Waals surface area contributed by atoms with Crippen LogP contribution in [0.25, 0.3) is 33.7 Å². The van der Waals surface area contributed by atoms with E-state index in [0.29, 0.717) is 39.5 Å². The summed E-state index contributed by atoms with van der Waals surface area (Å²) in [7, 11) is 1.70. The Bertz CT molecular complexity index is 1930. The number of carbonyl (C=O) groups excluding carboxylic acids is 2. The molecule has 0 atom stereocenters. The Balaban J connectivity index is 1.42. The van der Waals surface area contributed by atoms with Crippen LogP contribution >= 0.6 is 0 Å². The molecule has 16 heteroatoms. The Morgan fingerprint density at radius 3 is 2.53 bits per heavy atom. The van der Waals surface area contributed by atoms with Gasteiger partial charge in [0, 0.05) is 42.0 Å². The highest BCUT2D eigenvalue weighted by atomic mass is 16.6. The van der Waals surface area contributed by atoms with Gasteiger partial charge in [-0.05, 0) is 38.5 Å². The van der Waals surface area contributed by atoms with Crippen LogP contribution in [0.1, 0.15) is 63.6 Å². The van der Waals surface area contributed by atoms with E-state index in [1.165, 1.54) is 10.7 Å². The van der Waals surface area contributed by atoms with E-state index in [9.17, 15) is 19.7 Å². The maximum atomic E-state index is 12.6. The standard InChI is InChI=1S/C29H32N10O6/c1-28(2,3)26-35-25(45-37-26)24(40)31-13-16-9-8-15(12-19(16)39(42)43)17-10-11-30-23-20(17)32-21(33-23)18-14-38(7)36-22(18)34-27(41)44-29(4,5)6/h8-12,14H,13H2,1-7H3,(H,31,40)(H,30,32,33)(H,34,36,41). The van der Waals surface area contributed by atoms with Crippen molar-refractivity contribution >= 4 is 34.7 Å². The van der Waals surface area contributed by atoms with Crippen LogP contribution in [0.4, 0.5) is 16.3 Å². The number of aromatic nitrogens is 7. The van der Waals surface area contributed by atoms with Gasteiger partial charge in [-0.2, -0.15) is 10.1 Å². The van der Waals surface area contributed by atoms with Crippen molar-refractivity contribution in [3.63, 3.8) is 0 Å². The molecule has 4 heterocycles. The van der Waals surface area contributed by atoms with E-state index >= 15 is 0 Å². The molecule has 0 spiro atoms. The monoisotopic (exact) mass is 616 g/mol. The molecule has 0 unspecified atom stereocenters. The van der Waals surface area contributed by atoms with Gasteiger partial charge in [-0.3, -0.25) is 24.9 Å². The van der Waals surface area contributed by atoms with Crippen molar-refractivity contribution in [3.05, 3.63) is 64.1 Å². The normalized spacial score (nSPS) is 11.9. The molecule has 0 fully saturated rings. The number of H-pyrrole nitrogens is 1. The predicted octanol–water partition coefficient (Wildman–Crippen LogP) is 4.89. The summed E-state index contributed by atoms with van der Waals surface area (Å²) in [5, 5.41) is 25.5. The SMILES string of the molecule is Cn1cc(-c2nc3nccc(-c4ccc(CNC(=O)c5nc(C(C)(C)C)no5)c([N+](=O)[O-])c4)c3[nH]2)c(NC(=O)OC(C)(C)C)n1. The molecule has 0 saturated heterocycles. The van der Waals surface area contributed by atoms with Crippen molar-refractivity contribution in [1.29, 1.82) is 0 Å². The number of amides is 2. The summed E-state index contributed by atoms with van der Waals surface area (Å²) in [5.74, 6) is 0.0884. The first-order valence-corrected chi connectivity index (χ1v) is 13.9. The number of carbonyl (C=O) groups is 2. The number of anilines is 1. The van der Waals surface area contributed by atoms with Crippen molar-refractivity contribution in [2.24, 2.45) is 7.05 Å². The Hall–Kier alpha value is -5.67. The van der Waals surface area contributed by atoms with E-state index in [4.69, 9.17) is 9.26 Å². The lowest BCUT2D eigenvalue weighted by molar-refractivity contribution is -0.385. The molecule has 0 aliphatic carbocycles. The van der Waals surface area contributed by atoms with Crippen LogP contribution in [0.15, 0.2) is 41.2 Å². The maximum Gasteiger partial charge on any atom is 0.413 e. The zero-order valence-corrected chi connectivity index (χ0v) is 25.8. The highest BCUT2D eigenvalue weighted by Gasteiger charge is 2.25. The van der Waals surface area contributed by atoms with Crippen LogP contribution in [0.5, 0.6) is 0 Å². The van der Waals surface area contributed by atoms with E-state index in [2.05, 4.69) is 40.8 Å². The average molecular weight is 617 g/mol. The molecule has 0 bridgehead atoms. The fourth-order valence-corrected chi connectivity index (χ4v) is 4.36. The highest BCUT2D eigenvalue weighted by Crippen LogP contribution is 2.33. The molecule has 0 aliphatic heterocycles. The number of nitrogens with one attached hydrogen (secondary N) is 3. The first kappa shape index (κ1) is 30.8. The van der Waals surface area contributed by atoms with Gasteiger partial charge in [0.15, 0.2) is 17.3 Å². The van der Waals surface area contributed by atoms with Gasteiger partial charge in [0.05, 0.1) is 22.5 Å². The van der Waals surface area contributed by atoms with E-state index in [1.54, 1.807) is 58.4 Å². The van der Waals surface area contributed by atoms with Crippen molar-refractivity contribution in [2.75, 3.05) is 5.32 Å². The first-order valence-electron chi connectivity index (χ1n) is 13.9. The topological polar surface area (TPSA) is 209 Å². The Labute approximate surface area is 256 Å². The Kier molecular flexibility index (Phi) is 7.82. The molecular formula is C29H32N10O6. The van der Waals surface area contributed by atoms with E-state index in [0.717, 1.165) is 0 Å². The second-order valence-electron chi connectivity index (χ2n) is 12.3. The van der Waals surface area contributed by atoms with Gasteiger partial charge in [0.2, 0.25) is 0 Å². The van der Waals surface area contributed by atoms with Gasteiger partial charge < -0.3 is 19.6 Å².